The number of hydrogen-bond acceptors (Lipinski definition) is 7. The van der Waals surface area contributed by atoms with E-state index in [1.807, 2.05) is 0 Å². The number of piperidine rings is 1. The van der Waals surface area contributed by atoms with Gasteiger partial charge in [-0.15, -0.1) is 0 Å². The first kappa shape index (κ1) is 22.5. The molecule has 0 radical (unpaired) electrons. The molecule has 30 heavy (non-hydrogen) atoms. The molecule has 0 aliphatic carbocycles. The lowest BCUT2D eigenvalue weighted by atomic mass is 9.77. The van der Waals surface area contributed by atoms with E-state index < -0.39 is 0 Å². The van der Waals surface area contributed by atoms with Gasteiger partial charge in [-0.05, 0) is 77.6 Å². The minimum Gasteiger partial charge on any atom is -0.399 e. The van der Waals surface area contributed by atoms with Crippen LogP contribution >= 0.6 is 0 Å². The van der Waals surface area contributed by atoms with Crippen LogP contribution in [0.2, 0.25) is 0 Å². The summed E-state index contributed by atoms with van der Waals surface area (Å²) in [5.41, 5.74) is 12.5. The van der Waals surface area contributed by atoms with Crippen molar-refractivity contribution in [2.24, 2.45) is 0 Å². The number of rotatable bonds is 2. The second kappa shape index (κ2) is 8.92. The van der Waals surface area contributed by atoms with Crippen molar-refractivity contribution in [3.8, 4) is 0 Å². The molecule has 162 valence electrons. The first-order valence-electron chi connectivity index (χ1n) is 10.5. The van der Waals surface area contributed by atoms with E-state index in [-0.39, 0.29) is 30.0 Å². The average Bonchev–Trinajstić information content (AvgIpc) is 2.93. The highest BCUT2D eigenvalue weighted by Crippen LogP contribution is 2.36. The van der Waals surface area contributed by atoms with Gasteiger partial charge in [-0.1, -0.05) is 24.3 Å². The Hall–Kier alpha value is -2.16. The molecule has 4 N–H and O–H groups in total. The van der Waals surface area contributed by atoms with Gasteiger partial charge in [0.2, 0.25) is 0 Å². The molecule has 7 nitrogen and oxygen atoms in total. The molecule has 0 bridgehead atoms. The van der Waals surface area contributed by atoms with Gasteiger partial charge >= 0.3 is 7.12 Å². The third-order valence-electron chi connectivity index (χ3n) is 6.41. The summed E-state index contributed by atoms with van der Waals surface area (Å²) in [5, 5.41) is 0. The van der Waals surface area contributed by atoms with Gasteiger partial charge in [-0.3, -0.25) is 0 Å². The van der Waals surface area contributed by atoms with E-state index in [0.717, 1.165) is 5.46 Å². The SMILES string of the molecule is CN1CCC(c2ccc(B3OC(C)(C)C(C)(C)O3)cc2)CC1.Nc1nccnc1N. The number of likely N-dealkylation sites (tertiary alicyclic amines) is 1. The minimum atomic E-state index is -0.274. The highest BCUT2D eigenvalue weighted by Gasteiger charge is 2.51. The predicted molar refractivity (Wildman–Crippen MR) is 122 cm³/mol. The molecule has 3 heterocycles. The Morgan fingerprint density at radius 3 is 1.80 bits per heavy atom. The topological polar surface area (TPSA) is 99.5 Å². The summed E-state index contributed by atoms with van der Waals surface area (Å²) in [7, 11) is 1.95. The van der Waals surface area contributed by atoms with Crippen LogP contribution in [-0.2, 0) is 9.31 Å². The van der Waals surface area contributed by atoms with Crippen LogP contribution in [0.1, 0.15) is 52.0 Å². The fraction of sp³-hybridized carbons (Fsp3) is 0.545. The monoisotopic (exact) mass is 411 g/mol. The Morgan fingerprint density at radius 2 is 1.37 bits per heavy atom. The maximum absolute atomic E-state index is 6.12. The smallest absolute Gasteiger partial charge is 0.399 e. The standard InChI is InChI=1S/C18H28BNO2.C4H6N4/c1-17(2)18(3,4)22-19(21-17)16-8-6-14(7-9-16)15-10-12-20(5)13-11-15;5-3-4(6)8-2-1-7-3/h6-9,15H,10-13H2,1-5H3;1-2H,(H2,5,7)(H2,6,8). The zero-order valence-electron chi connectivity index (χ0n) is 18.8. The molecule has 1 aromatic carbocycles. The maximum atomic E-state index is 6.12. The fourth-order valence-corrected chi connectivity index (χ4v) is 3.61. The molecular weight excluding hydrogens is 377 g/mol. The molecule has 2 fully saturated rings. The highest BCUT2D eigenvalue weighted by atomic mass is 16.7. The van der Waals surface area contributed by atoms with Crippen molar-refractivity contribution in [3.05, 3.63) is 42.2 Å². The van der Waals surface area contributed by atoms with Gasteiger partial charge in [0.05, 0.1) is 11.2 Å². The van der Waals surface area contributed by atoms with E-state index >= 15 is 0 Å². The summed E-state index contributed by atoms with van der Waals surface area (Å²) in [5.74, 6) is 1.27. The van der Waals surface area contributed by atoms with Crippen LogP contribution in [0, 0.1) is 0 Å². The Balaban J connectivity index is 0.000000269. The van der Waals surface area contributed by atoms with Crippen molar-refractivity contribution in [1.82, 2.24) is 14.9 Å². The Labute approximate surface area is 180 Å². The van der Waals surface area contributed by atoms with Crippen LogP contribution in [0.3, 0.4) is 0 Å². The van der Waals surface area contributed by atoms with E-state index in [1.54, 1.807) is 0 Å². The van der Waals surface area contributed by atoms with Gasteiger partial charge < -0.3 is 25.7 Å². The lowest BCUT2D eigenvalue weighted by Gasteiger charge is -2.32. The number of benzene rings is 1. The van der Waals surface area contributed by atoms with E-state index in [4.69, 9.17) is 20.8 Å². The van der Waals surface area contributed by atoms with Crippen LogP contribution < -0.4 is 16.9 Å². The minimum absolute atomic E-state index is 0.253. The zero-order valence-corrected chi connectivity index (χ0v) is 18.8. The van der Waals surface area contributed by atoms with Crippen LogP contribution in [0.15, 0.2) is 36.7 Å². The quantitative estimate of drug-likeness (QED) is 0.733. The molecule has 8 heteroatoms. The molecule has 0 amide bonds. The van der Waals surface area contributed by atoms with E-state index in [1.165, 1.54) is 43.9 Å². The van der Waals surface area contributed by atoms with E-state index in [9.17, 15) is 0 Å². The second-order valence-electron chi connectivity index (χ2n) is 9.16. The molecule has 2 aliphatic rings. The van der Waals surface area contributed by atoms with E-state index in [0.29, 0.717) is 5.92 Å². The third kappa shape index (κ3) is 5.12. The first-order chi connectivity index (χ1) is 14.1. The van der Waals surface area contributed by atoms with Crippen LogP contribution in [0.5, 0.6) is 0 Å². The molecule has 0 saturated carbocycles. The Bertz CT molecular complexity index is 799. The number of nitrogen functional groups attached to an aromatic ring is 2. The molecular formula is C22H34BN5O2. The van der Waals surface area contributed by atoms with Crippen molar-refractivity contribution >= 4 is 24.2 Å². The molecule has 2 aromatic rings. The molecule has 0 atom stereocenters. The van der Waals surface area contributed by atoms with Gasteiger partial charge in [-0.2, -0.15) is 0 Å². The zero-order chi connectivity index (χ0) is 21.9. The van der Waals surface area contributed by atoms with Crippen molar-refractivity contribution in [2.45, 2.75) is 57.7 Å². The first-order valence-corrected chi connectivity index (χ1v) is 10.5. The van der Waals surface area contributed by atoms with Gasteiger partial charge in [0.15, 0.2) is 11.6 Å². The second-order valence-corrected chi connectivity index (χ2v) is 9.16. The summed E-state index contributed by atoms with van der Waals surface area (Å²) in [6.45, 7) is 10.8. The Morgan fingerprint density at radius 1 is 0.900 bits per heavy atom. The summed E-state index contributed by atoms with van der Waals surface area (Å²) in [4.78, 5) is 9.75. The van der Waals surface area contributed by atoms with Crippen LogP contribution in [-0.4, -0.2) is 53.3 Å². The van der Waals surface area contributed by atoms with Gasteiger partial charge in [0, 0.05) is 12.4 Å². The van der Waals surface area contributed by atoms with Crippen LogP contribution in [0.4, 0.5) is 11.6 Å². The summed E-state index contributed by atoms with van der Waals surface area (Å²) in [6, 6.07) is 8.87. The predicted octanol–water partition coefficient (Wildman–Crippen LogP) is 2.44. The molecule has 2 aliphatic heterocycles. The van der Waals surface area contributed by atoms with Crippen molar-refractivity contribution in [2.75, 3.05) is 31.6 Å². The average molecular weight is 411 g/mol. The van der Waals surface area contributed by atoms with Gasteiger partial charge in [-0.25, -0.2) is 9.97 Å². The molecule has 0 unspecified atom stereocenters. The van der Waals surface area contributed by atoms with E-state index in [2.05, 4.69) is 73.9 Å². The van der Waals surface area contributed by atoms with Crippen molar-refractivity contribution in [3.63, 3.8) is 0 Å². The number of nitrogens with two attached hydrogens (primary N) is 2. The molecule has 0 spiro atoms. The lowest BCUT2D eigenvalue weighted by Crippen LogP contribution is -2.41. The highest BCUT2D eigenvalue weighted by molar-refractivity contribution is 6.62. The molecule has 1 aromatic heterocycles. The van der Waals surface area contributed by atoms with Crippen LogP contribution in [0.25, 0.3) is 0 Å². The number of hydrogen-bond donors (Lipinski definition) is 2. The summed E-state index contributed by atoms with van der Waals surface area (Å²) >= 11 is 0. The molecule has 4 rings (SSSR count). The maximum Gasteiger partial charge on any atom is 0.494 e. The molecule has 2 saturated heterocycles. The third-order valence-corrected chi connectivity index (χ3v) is 6.41. The normalized spacial score (nSPS) is 21.2. The Kier molecular flexibility index (Phi) is 6.70. The van der Waals surface area contributed by atoms with Gasteiger partial charge in [0.25, 0.3) is 0 Å². The van der Waals surface area contributed by atoms with Gasteiger partial charge in [0.1, 0.15) is 0 Å². The van der Waals surface area contributed by atoms with Crippen molar-refractivity contribution in [1.29, 1.82) is 0 Å². The fourth-order valence-electron chi connectivity index (χ4n) is 3.61. The largest absolute Gasteiger partial charge is 0.494 e. The number of anilines is 2. The number of aromatic nitrogens is 2. The summed E-state index contributed by atoms with van der Waals surface area (Å²) < 4.78 is 12.2. The van der Waals surface area contributed by atoms with Crippen molar-refractivity contribution < 1.29 is 9.31 Å². The summed E-state index contributed by atoms with van der Waals surface area (Å²) in [6.07, 6.45) is 5.50. The number of nitrogens with zero attached hydrogens (tertiary/aromatic N) is 3. The lowest BCUT2D eigenvalue weighted by molar-refractivity contribution is 0.00578.